The fourth-order valence-electron chi connectivity index (χ4n) is 1.74. The third-order valence-electron chi connectivity index (χ3n) is 2.70. The molecular weight excluding hydrogens is 320 g/mol. The van der Waals surface area contributed by atoms with Crippen molar-refractivity contribution >= 4 is 24.5 Å². The van der Waals surface area contributed by atoms with Gasteiger partial charge < -0.3 is 20.1 Å². The second-order valence-corrected chi connectivity index (χ2v) is 5.84. The Labute approximate surface area is 143 Å². The second-order valence-electron chi connectivity index (χ2n) is 5.84. The molecule has 2 N–H and O–H groups in total. The Morgan fingerprint density at radius 2 is 1.78 bits per heavy atom. The number of esters is 1. The number of benzene rings is 1. The molecular formula is C16H25ClN2O4. The van der Waals surface area contributed by atoms with Crippen LogP contribution in [0.1, 0.15) is 26.3 Å². The number of nitrogens with one attached hydrogen (secondary N) is 2. The summed E-state index contributed by atoms with van der Waals surface area (Å²) in [6, 6.07) is 8.96. The highest BCUT2D eigenvalue weighted by Crippen LogP contribution is 2.07. The SMILES string of the molecule is COC(=O)C(CNCc1ccccc1)NC(=O)OC(C)(C)C.Cl. The molecule has 1 aromatic carbocycles. The van der Waals surface area contributed by atoms with Crippen LogP contribution in [0.25, 0.3) is 0 Å². The average Bonchev–Trinajstić information content (AvgIpc) is 2.44. The number of methoxy groups -OCH3 is 1. The summed E-state index contributed by atoms with van der Waals surface area (Å²) in [5.41, 5.74) is 0.464. The van der Waals surface area contributed by atoms with Gasteiger partial charge in [0.15, 0.2) is 0 Å². The molecule has 1 aromatic rings. The van der Waals surface area contributed by atoms with Gasteiger partial charge in [0.2, 0.25) is 0 Å². The van der Waals surface area contributed by atoms with E-state index in [2.05, 4.69) is 10.6 Å². The Balaban J connectivity index is 0.00000484. The van der Waals surface area contributed by atoms with E-state index in [0.717, 1.165) is 5.56 Å². The van der Waals surface area contributed by atoms with Gasteiger partial charge in [-0.15, -0.1) is 12.4 Å². The summed E-state index contributed by atoms with van der Waals surface area (Å²) in [5.74, 6) is -0.522. The maximum absolute atomic E-state index is 11.8. The van der Waals surface area contributed by atoms with Gasteiger partial charge >= 0.3 is 12.1 Å². The van der Waals surface area contributed by atoms with Crippen LogP contribution in [-0.4, -0.2) is 37.4 Å². The minimum Gasteiger partial charge on any atom is -0.467 e. The molecule has 1 unspecified atom stereocenters. The average molecular weight is 345 g/mol. The highest BCUT2D eigenvalue weighted by molar-refractivity contribution is 5.85. The number of rotatable bonds is 6. The summed E-state index contributed by atoms with van der Waals surface area (Å²) in [4.78, 5) is 23.5. The van der Waals surface area contributed by atoms with Crippen molar-refractivity contribution in [1.29, 1.82) is 0 Å². The van der Waals surface area contributed by atoms with Gasteiger partial charge in [-0.05, 0) is 26.3 Å². The molecule has 0 aliphatic rings. The number of carbonyl (C=O) groups excluding carboxylic acids is 2. The van der Waals surface area contributed by atoms with Gasteiger partial charge in [-0.2, -0.15) is 0 Å². The first-order valence-electron chi connectivity index (χ1n) is 7.14. The van der Waals surface area contributed by atoms with E-state index in [1.54, 1.807) is 20.8 Å². The number of carbonyl (C=O) groups is 2. The van der Waals surface area contributed by atoms with Gasteiger partial charge in [0.05, 0.1) is 7.11 Å². The van der Waals surface area contributed by atoms with E-state index >= 15 is 0 Å². The lowest BCUT2D eigenvalue weighted by atomic mass is 10.2. The van der Waals surface area contributed by atoms with E-state index in [-0.39, 0.29) is 19.0 Å². The maximum Gasteiger partial charge on any atom is 0.408 e. The van der Waals surface area contributed by atoms with Crippen molar-refractivity contribution in [3.05, 3.63) is 35.9 Å². The zero-order valence-corrected chi connectivity index (χ0v) is 14.7. The van der Waals surface area contributed by atoms with Crippen molar-refractivity contribution in [3.63, 3.8) is 0 Å². The molecule has 130 valence electrons. The van der Waals surface area contributed by atoms with Gasteiger partial charge in [0.1, 0.15) is 11.6 Å². The molecule has 0 fully saturated rings. The van der Waals surface area contributed by atoms with Crippen LogP contribution in [0.2, 0.25) is 0 Å². The fourth-order valence-corrected chi connectivity index (χ4v) is 1.74. The molecule has 0 aliphatic carbocycles. The van der Waals surface area contributed by atoms with Crippen molar-refractivity contribution in [2.75, 3.05) is 13.7 Å². The third-order valence-corrected chi connectivity index (χ3v) is 2.70. The molecule has 1 atom stereocenters. The number of hydrogen-bond donors (Lipinski definition) is 2. The fraction of sp³-hybridized carbons (Fsp3) is 0.500. The minimum absolute atomic E-state index is 0. The highest BCUT2D eigenvalue weighted by atomic mass is 35.5. The van der Waals surface area contributed by atoms with Crippen LogP contribution in [0, 0.1) is 0 Å². The van der Waals surface area contributed by atoms with E-state index in [1.165, 1.54) is 7.11 Å². The third kappa shape index (κ3) is 9.05. The first-order chi connectivity index (χ1) is 10.3. The predicted molar refractivity (Wildman–Crippen MR) is 90.6 cm³/mol. The highest BCUT2D eigenvalue weighted by Gasteiger charge is 2.24. The summed E-state index contributed by atoms with van der Waals surface area (Å²) >= 11 is 0. The maximum atomic E-state index is 11.8. The molecule has 23 heavy (non-hydrogen) atoms. The van der Waals surface area contributed by atoms with E-state index in [1.807, 2.05) is 30.3 Å². The van der Waals surface area contributed by atoms with E-state index in [4.69, 9.17) is 9.47 Å². The Bertz CT molecular complexity index is 489. The van der Waals surface area contributed by atoms with Crippen LogP contribution >= 0.6 is 12.4 Å². The summed E-state index contributed by atoms with van der Waals surface area (Å²) < 4.78 is 9.84. The molecule has 6 nitrogen and oxygen atoms in total. The number of halogens is 1. The number of amides is 1. The first-order valence-corrected chi connectivity index (χ1v) is 7.14. The lowest BCUT2D eigenvalue weighted by Gasteiger charge is -2.22. The van der Waals surface area contributed by atoms with Crippen LogP contribution in [0.15, 0.2) is 30.3 Å². The zero-order valence-electron chi connectivity index (χ0n) is 13.9. The van der Waals surface area contributed by atoms with Gasteiger partial charge in [-0.1, -0.05) is 30.3 Å². The zero-order chi connectivity index (χ0) is 16.6. The van der Waals surface area contributed by atoms with Gasteiger partial charge in [-0.3, -0.25) is 0 Å². The number of ether oxygens (including phenoxy) is 2. The Morgan fingerprint density at radius 3 is 2.30 bits per heavy atom. The molecule has 1 rings (SSSR count). The molecule has 0 aliphatic heterocycles. The summed E-state index contributed by atoms with van der Waals surface area (Å²) in [5, 5.41) is 5.63. The van der Waals surface area contributed by atoms with Crippen molar-refractivity contribution < 1.29 is 19.1 Å². The monoisotopic (exact) mass is 344 g/mol. The standard InChI is InChI=1S/C16H24N2O4.ClH/c1-16(2,3)22-15(20)18-13(14(19)21-4)11-17-10-12-8-6-5-7-9-12;/h5-9,13,17H,10-11H2,1-4H3,(H,18,20);1H. The Kier molecular flexibility index (Phi) is 9.29. The molecule has 0 saturated heterocycles. The summed E-state index contributed by atoms with van der Waals surface area (Å²) in [6.45, 7) is 6.11. The molecule has 0 saturated carbocycles. The summed E-state index contributed by atoms with van der Waals surface area (Å²) in [7, 11) is 1.28. The lowest BCUT2D eigenvalue weighted by Crippen LogP contribution is -2.49. The molecule has 0 spiro atoms. The second kappa shape index (κ2) is 10.1. The van der Waals surface area contributed by atoms with Crippen LogP contribution < -0.4 is 10.6 Å². The number of hydrogen-bond acceptors (Lipinski definition) is 5. The largest absolute Gasteiger partial charge is 0.467 e. The van der Waals surface area contributed by atoms with E-state index in [0.29, 0.717) is 6.54 Å². The lowest BCUT2D eigenvalue weighted by molar-refractivity contribution is -0.143. The van der Waals surface area contributed by atoms with Crippen LogP contribution in [0.4, 0.5) is 4.79 Å². The number of alkyl carbamates (subject to hydrolysis) is 1. The predicted octanol–water partition coefficient (Wildman–Crippen LogP) is 2.26. The van der Waals surface area contributed by atoms with E-state index in [9.17, 15) is 9.59 Å². The van der Waals surface area contributed by atoms with Gasteiger partial charge in [0.25, 0.3) is 0 Å². The van der Waals surface area contributed by atoms with Crippen molar-refractivity contribution in [2.45, 2.75) is 39.0 Å². The van der Waals surface area contributed by atoms with Crippen LogP contribution in [0.5, 0.6) is 0 Å². The Hall–Kier alpha value is -1.79. The quantitative estimate of drug-likeness (QED) is 0.774. The molecule has 0 bridgehead atoms. The Morgan fingerprint density at radius 1 is 1.17 bits per heavy atom. The van der Waals surface area contributed by atoms with Crippen LogP contribution in [-0.2, 0) is 20.8 Å². The minimum atomic E-state index is -0.802. The molecule has 0 aromatic heterocycles. The summed E-state index contributed by atoms with van der Waals surface area (Å²) in [6.07, 6.45) is -0.649. The van der Waals surface area contributed by atoms with Crippen LogP contribution in [0.3, 0.4) is 0 Å². The molecule has 7 heteroatoms. The van der Waals surface area contributed by atoms with Gasteiger partial charge in [0, 0.05) is 13.1 Å². The van der Waals surface area contributed by atoms with Gasteiger partial charge in [-0.25, -0.2) is 9.59 Å². The normalized spacial score (nSPS) is 11.8. The molecule has 0 radical (unpaired) electrons. The van der Waals surface area contributed by atoms with Crippen molar-refractivity contribution in [3.8, 4) is 0 Å². The van der Waals surface area contributed by atoms with Crippen molar-refractivity contribution in [1.82, 2.24) is 10.6 Å². The first kappa shape index (κ1) is 21.2. The van der Waals surface area contributed by atoms with Crippen molar-refractivity contribution in [2.24, 2.45) is 0 Å². The molecule has 0 heterocycles. The topological polar surface area (TPSA) is 76.7 Å². The van der Waals surface area contributed by atoms with E-state index < -0.39 is 23.7 Å². The molecule has 1 amide bonds. The smallest absolute Gasteiger partial charge is 0.408 e.